The second kappa shape index (κ2) is 8.16. The highest BCUT2D eigenvalue weighted by molar-refractivity contribution is 7.89. The van der Waals surface area contributed by atoms with Crippen LogP contribution < -0.4 is 14.8 Å². The van der Waals surface area contributed by atoms with Crippen LogP contribution in [0.4, 0.5) is 5.69 Å². The fourth-order valence-electron chi connectivity index (χ4n) is 2.35. The Hall–Kier alpha value is -2.29. The van der Waals surface area contributed by atoms with Crippen LogP contribution in [0.5, 0.6) is 11.5 Å². The molecule has 27 heavy (non-hydrogen) atoms. The number of carbonyl (C=O) groups excluding carboxylic acids is 1. The smallest absolute Gasteiger partial charge is 0.257 e. The van der Waals surface area contributed by atoms with Crippen molar-refractivity contribution in [2.45, 2.75) is 11.8 Å². The highest BCUT2D eigenvalue weighted by Crippen LogP contribution is 2.33. The maximum atomic E-state index is 12.7. The Morgan fingerprint density at radius 3 is 2.22 bits per heavy atom. The first kappa shape index (κ1) is 21.0. The number of nitrogens with zero attached hydrogens (tertiary/aromatic N) is 1. The van der Waals surface area contributed by atoms with Crippen LogP contribution in [0.2, 0.25) is 5.02 Å². The predicted molar refractivity (Wildman–Crippen MR) is 105 cm³/mol. The summed E-state index contributed by atoms with van der Waals surface area (Å²) in [6.07, 6.45) is 0. The van der Waals surface area contributed by atoms with E-state index in [0.717, 1.165) is 9.87 Å². The number of benzene rings is 2. The zero-order valence-electron chi connectivity index (χ0n) is 15.7. The normalized spacial score (nSPS) is 11.4. The molecule has 0 aliphatic rings. The molecule has 0 bridgehead atoms. The number of hydrogen-bond acceptors (Lipinski definition) is 5. The van der Waals surface area contributed by atoms with Crippen molar-refractivity contribution in [2.24, 2.45) is 0 Å². The van der Waals surface area contributed by atoms with Crippen molar-refractivity contribution < 1.29 is 22.7 Å². The number of aryl methyl sites for hydroxylation is 1. The number of hydrogen-bond donors (Lipinski definition) is 1. The summed E-state index contributed by atoms with van der Waals surface area (Å²) in [5.74, 6) is 0.449. The van der Waals surface area contributed by atoms with Crippen molar-refractivity contribution in [2.75, 3.05) is 33.6 Å². The van der Waals surface area contributed by atoms with E-state index in [1.165, 1.54) is 46.5 Å². The van der Waals surface area contributed by atoms with Gasteiger partial charge in [-0.25, -0.2) is 12.7 Å². The van der Waals surface area contributed by atoms with Crippen LogP contribution in [0, 0.1) is 6.92 Å². The van der Waals surface area contributed by atoms with Crippen molar-refractivity contribution in [1.29, 1.82) is 0 Å². The maximum Gasteiger partial charge on any atom is 0.257 e. The molecule has 0 atom stereocenters. The van der Waals surface area contributed by atoms with Gasteiger partial charge in [-0.05, 0) is 36.8 Å². The average Bonchev–Trinajstić information content (AvgIpc) is 2.62. The number of halogens is 1. The van der Waals surface area contributed by atoms with Crippen LogP contribution in [0.25, 0.3) is 0 Å². The quantitative estimate of drug-likeness (QED) is 0.787. The van der Waals surface area contributed by atoms with Gasteiger partial charge in [0, 0.05) is 25.8 Å². The molecular formula is C18H21ClN2O5S. The summed E-state index contributed by atoms with van der Waals surface area (Å²) in [7, 11) is 2.15. The number of sulfonamides is 1. The number of ether oxygens (including phenoxy) is 2. The SMILES string of the molecule is COc1cc(C)c(NC(=O)c2cc(S(=O)(=O)N(C)C)ccc2Cl)cc1OC. The van der Waals surface area contributed by atoms with Gasteiger partial charge in [0.15, 0.2) is 11.5 Å². The molecule has 0 saturated carbocycles. The molecule has 9 heteroatoms. The summed E-state index contributed by atoms with van der Waals surface area (Å²) in [6, 6.07) is 7.34. The first-order chi connectivity index (χ1) is 12.6. The van der Waals surface area contributed by atoms with Crippen molar-refractivity contribution in [3.63, 3.8) is 0 Å². The third-order valence-electron chi connectivity index (χ3n) is 3.94. The number of nitrogens with one attached hydrogen (secondary N) is 1. The topological polar surface area (TPSA) is 84.9 Å². The molecule has 2 rings (SSSR count). The molecular weight excluding hydrogens is 392 g/mol. The van der Waals surface area contributed by atoms with Gasteiger partial charge in [0.05, 0.1) is 29.7 Å². The second-order valence-corrected chi connectivity index (χ2v) is 8.46. The van der Waals surface area contributed by atoms with E-state index in [4.69, 9.17) is 21.1 Å². The largest absolute Gasteiger partial charge is 0.493 e. The zero-order valence-corrected chi connectivity index (χ0v) is 17.2. The summed E-state index contributed by atoms with van der Waals surface area (Å²) in [4.78, 5) is 12.7. The van der Waals surface area contributed by atoms with E-state index < -0.39 is 15.9 Å². The van der Waals surface area contributed by atoms with Gasteiger partial charge in [-0.15, -0.1) is 0 Å². The Morgan fingerprint density at radius 1 is 1.07 bits per heavy atom. The summed E-state index contributed by atoms with van der Waals surface area (Å²) in [5, 5.41) is 2.88. The first-order valence-electron chi connectivity index (χ1n) is 7.88. The molecule has 0 aromatic heterocycles. The van der Waals surface area contributed by atoms with Gasteiger partial charge in [0.2, 0.25) is 10.0 Å². The lowest BCUT2D eigenvalue weighted by atomic mass is 10.1. The molecule has 1 amide bonds. The van der Waals surface area contributed by atoms with Gasteiger partial charge in [-0.1, -0.05) is 11.6 Å². The number of rotatable bonds is 6. The first-order valence-corrected chi connectivity index (χ1v) is 9.69. The van der Waals surface area contributed by atoms with Crippen LogP contribution in [0.3, 0.4) is 0 Å². The van der Waals surface area contributed by atoms with Gasteiger partial charge in [-0.3, -0.25) is 4.79 Å². The van der Waals surface area contributed by atoms with Gasteiger partial charge >= 0.3 is 0 Å². The van der Waals surface area contributed by atoms with E-state index in [-0.39, 0.29) is 15.5 Å². The Bertz CT molecular complexity index is 974. The average molecular weight is 413 g/mol. The van der Waals surface area contributed by atoms with Crippen molar-refractivity contribution in [3.05, 3.63) is 46.5 Å². The highest BCUT2D eigenvalue weighted by atomic mass is 35.5. The van der Waals surface area contributed by atoms with E-state index in [2.05, 4.69) is 5.32 Å². The summed E-state index contributed by atoms with van der Waals surface area (Å²) < 4.78 is 36.1. The zero-order chi connectivity index (χ0) is 20.4. The van der Waals surface area contributed by atoms with Crippen molar-refractivity contribution in [3.8, 4) is 11.5 Å². The molecule has 0 fully saturated rings. The fourth-order valence-corrected chi connectivity index (χ4v) is 3.49. The van der Waals surface area contributed by atoms with Crippen LogP contribution >= 0.6 is 11.6 Å². The van der Waals surface area contributed by atoms with E-state index in [9.17, 15) is 13.2 Å². The van der Waals surface area contributed by atoms with Crippen LogP contribution in [0.15, 0.2) is 35.2 Å². The molecule has 7 nitrogen and oxygen atoms in total. The predicted octanol–water partition coefficient (Wildman–Crippen LogP) is 3.17. The number of anilines is 1. The molecule has 2 aromatic rings. The summed E-state index contributed by atoms with van der Waals surface area (Å²) >= 11 is 6.12. The van der Waals surface area contributed by atoms with Crippen molar-refractivity contribution >= 4 is 33.2 Å². The Balaban J connectivity index is 2.42. The lowest BCUT2D eigenvalue weighted by molar-refractivity contribution is 0.102. The van der Waals surface area contributed by atoms with Crippen LogP contribution in [-0.4, -0.2) is 46.9 Å². The monoisotopic (exact) mass is 412 g/mol. The molecule has 0 saturated heterocycles. The molecule has 146 valence electrons. The maximum absolute atomic E-state index is 12.7. The Labute approximate surface area is 163 Å². The summed E-state index contributed by atoms with van der Waals surface area (Å²) in [5.41, 5.74) is 1.29. The van der Waals surface area contributed by atoms with Crippen LogP contribution in [-0.2, 0) is 10.0 Å². The lowest BCUT2D eigenvalue weighted by Gasteiger charge is -2.15. The van der Waals surface area contributed by atoms with E-state index in [1.54, 1.807) is 19.1 Å². The number of amides is 1. The fraction of sp³-hybridized carbons (Fsp3) is 0.278. The molecule has 0 aliphatic carbocycles. The third-order valence-corrected chi connectivity index (χ3v) is 6.08. The minimum Gasteiger partial charge on any atom is -0.493 e. The number of methoxy groups -OCH3 is 2. The second-order valence-electron chi connectivity index (χ2n) is 5.91. The van der Waals surface area contributed by atoms with Crippen LogP contribution in [0.1, 0.15) is 15.9 Å². The lowest BCUT2D eigenvalue weighted by Crippen LogP contribution is -2.23. The molecule has 0 heterocycles. The number of carbonyl (C=O) groups is 1. The Kier molecular flexibility index (Phi) is 6.35. The van der Waals surface area contributed by atoms with E-state index in [1.807, 2.05) is 0 Å². The molecule has 0 unspecified atom stereocenters. The molecule has 0 aliphatic heterocycles. The molecule has 0 radical (unpaired) electrons. The Morgan fingerprint density at radius 2 is 1.67 bits per heavy atom. The van der Waals surface area contributed by atoms with Gasteiger partial charge < -0.3 is 14.8 Å². The summed E-state index contributed by atoms with van der Waals surface area (Å²) in [6.45, 7) is 1.80. The van der Waals surface area contributed by atoms with Crippen molar-refractivity contribution in [1.82, 2.24) is 4.31 Å². The third kappa shape index (κ3) is 4.35. The van der Waals surface area contributed by atoms with Gasteiger partial charge in [0.25, 0.3) is 5.91 Å². The van der Waals surface area contributed by atoms with Gasteiger partial charge in [-0.2, -0.15) is 0 Å². The standard InChI is InChI=1S/C18H21ClN2O5S/c1-11-8-16(25-4)17(26-5)10-15(11)20-18(22)13-9-12(6-7-14(13)19)27(23,24)21(2)3/h6-10H,1-5H3,(H,20,22). The van der Waals surface area contributed by atoms with Gasteiger partial charge in [0.1, 0.15) is 0 Å². The minimum absolute atomic E-state index is 0.0221. The minimum atomic E-state index is -3.69. The molecule has 1 N–H and O–H groups in total. The molecule has 2 aromatic carbocycles. The highest BCUT2D eigenvalue weighted by Gasteiger charge is 2.21. The molecule has 0 spiro atoms. The van der Waals surface area contributed by atoms with E-state index >= 15 is 0 Å². The van der Waals surface area contributed by atoms with E-state index in [0.29, 0.717) is 17.2 Å².